The van der Waals surface area contributed by atoms with E-state index in [1.807, 2.05) is 43.3 Å². The number of phenolic OH excluding ortho intramolecular Hbond substituents is 1. The third kappa shape index (κ3) is 7.75. The fourth-order valence-electron chi connectivity index (χ4n) is 3.57. The van der Waals surface area contributed by atoms with Gasteiger partial charge < -0.3 is 15.7 Å². The summed E-state index contributed by atoms with van der Waals surface area (Å²) in [5.41, 5.74) is 3.38. The maximum Gasteiger partial charge on any atom is 0.251 e. The second-order valence-corrected chi connectivity index (χ2v) is 9.02. The van der Waals surface area contributed by atoms with Crippen LogP contribution in [0.5, 0.6) is 5.75 Å². The van der Waals surface area contributed by atoms with Gasteiger partial charge in [-0.15, -0.1) is 0 Å². The van der Waals surface area contributed by atoms with Gasteiger partial charge in [0, 0.05) is 15.7 Å². The molecule has 0 aliphatic heterocycles. The Morgan fingerprint density at radius 2 is 1.67 bits per heavy atom. The Morgan fingerprint density at radius 1 is 0.939 bits per heavy atom. The molecule has 0 aromatic heterocycles. The molecule has 0 saturated carbocycles. The smallest absolute Gasteiger partial charge is 0.251 e. The molecule has 6 heteroatoms. The number of nitrogens with one attached hydrogen (secondary N) is 2. The third-order valence-electron chi connectivity index (χ3n) is 5.51. The van der Waals surface area contributed by atoms with Crippen molar-refractivity contribution in [2.75, 3.05) is 5.32 Å². The number of hydrogen-bond acceptors (Lipinski definition) is 3. The number of amides is 2. The van der Waals surface area contributed by atoms with Crippen LogP contribution < -0.4 is 10.6 Å². The lowest BCUT2D eigenvalue weighted by Crippen LogP contribution is -2.43. The second kappa shape index (κ2) is 12.2. The summed E-state index contributed by atoms with van der Waals surface area (Å²) < 4.78 is 0.877. The van der Waals surface area contributed by atoms with Gasteiger partial charge in [-0.05, 0) is 73.7 Å². The van der Waals surface area contributed by atoms with Crippen LogP contribution >= 0.6 is 15.9 Å². The zero-order valence-corrected chi connectivity index (χ0v) is 20.3. The van der Waals surface area contributed by atoms with E-state index >= 15 is 0 Å². The number of phenols is 1. The molecule has 3 rings (SSSR count). The van der Waals surface area contributed by atoms with E-state index in [9.17, 15) is 14.7 Å². The zero-order valence-electron chi connectivity index (χ0n) is 18.7. The lowest BCUT2D eigenvalue weighted by Gasteiger charge is -2.19. The van der Waals surface area contributed by atoms with Crippen molar-refractivity contribution in [2.45, 2.75) is 45.1 Å². The molecule has 0 bridgehead atoms. The van der Waals surface area contributed by atoms with E-state index < -0.39 is 6.04 Å². The van der Waals surface area contributed by atoms with Gasteiger partial charge in [0.25, 0.3) is 5.91 Å². The van der Waals surface area contributed by atoms with Crippen molar-refractivity contribution in [3.8, 4) is 5.75 Å². The number of anilines is 1. The number of rotatable bonds is 10. The fraction of sp³-hybridized carbons (Fsp3) is 0.259. The van der Waals surface area contributed by atoms with E-state index in [4.69, 9.17) is 0 Å². The number of carbonyl (C=O) groups is 2. The van der Waals surface area contributed by atoms with Crippen LogP contribution in [0.2, 0.25) is 0 Å². The average Bonchev–Trinajstić information content (AvgIpc) is 2.82. The highest BCUT2D eigenvalue weighted by Gasteiger charge is 2.22. The van der Waals surface area contributed by atoms with Crippen LogP contribution in [0.15, 0.2) is 77.3 Å². The fourth-order valence-corrected chi connectivity index (χ4v) is 3.93. The molecule has 1 unspecified atom stereocenters. The first-order valence-corrected chi connectivity index (χ1v) is 11.9. The highest BCUT2D eigenvalue weighted by molar-refractivity contribution is 9.10. The molecule has 3 aromatic carbocycles. The molecule has 0 fully saturated rings. The maximum atomic E-state index is 13.1. The summed E-state index contributed by atoms with van der Waals surface area (Å²) in [7, 11) is 0. The minimum atomic E-state index is -0.634. The Kier molecular flexibility index (Phi) is 9.07. The van der Waals surface area contributed by atoms with Crippen molar-refractivity contribution in [1.29, 1.82) is 0 Å². The average molecular weight is 509 g/mol. The number of benzene rings is 3. The van der Waals surface area contributed by atoms with Crippen LogP contribution in [-0.4, -0.2) is 23.0 Å². The summed E-state index contributed by atoms with van der Waals surface area (Å²) in [5, 5.41) is 15.3. The summed E-state index contributed by atoms with van der Waals surface area (Å²) in [4.78, 5) is 25.8. The Balaban J connectivity index is 1.60. The molecular weight excluding hydrogens is 480 g/mol. The molecule has 0 spiro atoms. The highest BCUT2D eigenvalue weighted by atomic mass is 79.9. The SMILES string of the molecule is Cc1ccc(Br)cc1NC(=O)C(CCCCCc1ccc(O)cc1)NC(=O)c1ccccc1. The molecule has 172 valence electrons. The highest BCUT2D eigenvalue weighted by Crippen LogP contribution is 2.21. The van der Waals surface area contributed by atoms with Crippen LogP contribution in [0.25, 0.3) is 0 Å². The van der Waals surface area contributed by atoms with Gasteiger partial charge in [0.2, 0.25) is 5.91 Å². The van der Waals surface area contributed by atoms with E-state index in [-0.39, 0.29) is 17.6 Å². The van der Waals surface area contributed by atoms with Crippen molar-refractivity contribution in [3.63, 3.8) is 0 Å². The number of carbonyl (C=O) groups excluding carboxylic acids is 2. The molecule has 1 atom stereocenters. The largest absolute Gasteiger partial charge is 0.508 e. The molecule has 0 aliphatic carbocycles. The van der Waals surface area contributed by atoms with Crippen molar-refractivity contribution >= 4 is 33.4 Å². The minimum absolute atomic E-state index is 0.223. The predicted octanol–water partition coefficient (Wildman–Crippen LogP) is 6.00. The lowest BCUT2D eigenvalue weighted by molar-refractivity contribution is -0.118. The maximum absolute atomic E-state index is 13.1. The van der Waals surface area contributed by atoms with E-state index in [2.05, 4.69) is 26.6 Å². The summed E-state index contributed by atoms with van der Waals surface area (Å²) in [6.07, 6.45) is 4.17. The Bertz CT molecular complexity index is 1070. The van der Waals surface area contributed by atoms with E-state index in [0.29, 0.717) is 12.0 Å². The number of halogens is 1. The summed E-state index contributed by atoms with van der Waals surface area (Å²) in [5.74, 6) is -0.215. The standard InChI is InChI=1S/C27H29BrN2O3/c1-19-12-15-22(28)18-25(19)30-27(33)24(29-26(32)21-9-5-3-6-10-21)11-7-2-4-8-20-13-16-23(31)17-14-20/h3,5-6,9-10,12-18,24,31H,2,4,7-8,11H2,1H3,(H,29,32)(H,30,33). The molecule has 0 radical (unpaired) electrons. The lowest BCUT2D eigenvalue weighted by atomic mass is 10.0. The van der Waals surface area contributed by atoms with Crippen LogP contribution in [0.1, 0.15) is 47.2 Å². The van der Waals surface area contributed by atoms with Crippen LogP contribution in [-0.2, 0) is 11.2 Å². The number of aromatic hydroxyl groups is 1. The molecule has 33 heavy (non-hydrogen) atoms. The third-order valence-corrected chi connectivity index (χ3v) is 6.00. The van der Waals surface area contributed by atoms with Crippen molar-refractivity contribution in [2.24, 2.45) is 0 Å². The predicted molar refractivity (Wildman–Crippen MR) is 135 cm³/mol. The van der Waals surface area contributed by atoms with Crippen LogP contribution in [0.4, 0.5) is 5.69 Å². The second-order valence-electron chi connectivity index (χ2n) is 8.11. The molecule has 3 aromatic rings. The first-order chi connectivity index (χ1) is 15.9. The molecule has 0 heterocycles. The van der Waals surface area contributed by atoms with Crippen LogP contribution in [0.3, 0.4) is 0 Å². The number of aryl methyl sites for hydroxylation is 2. The van der Waals surface area contributed by atoms with E-state index in [1.165, 1.54) is 5.56 Å². The number of hydrogen-bond donors (Lipinski definition) is 3. The Hall–Kier alpha value is -3.12. The van der Waals surface area contributed by atoms with Gasteiger partial charge in [-0.3, -0.25) is 9.59 Å². The first kappa shape index (κ1) is 24.5. The van der Waals surface area contributed by atoms with Crippen molar-refractivity contribution in [1.82, 2.24) is 5.32 Å². The van der Waals surface area contributed by atoms with Gasteiger partial charge in [-0.25, -0.2) is 0 Å². The minimum Gasteiger partial charge on any atom is -0.508 e. The summed E-state index contributed by atoms with van der Waals surface area (Å²) in [6.45, 7) is 1.93. The van der Waals surface area contributed by atoms with Gasteiger partial charge in [-0.2, -0.15) is 0 Å². The van der Waals surface area contributed by atoms with Crippen molar-refractivity contribution in [3.05, 3.63) is 94.0 Å². The van der Waals surface area contributed by atoms with Gasteiger partial charge in [-0.1, -0.05) is 65.2 Å². The quantitative estimate of drug-likeness (QED) is 0.293. The molecule has 0 aliphatic rings. The molecule has 3 N–H and O–H groups in total. The molecular formula is C27H29BrN2O3. The monoisotopic (exact) mass is 508 g/mol. The van der Waals surface area contributed by atoms with Crippen LogP contribution in [0, 0.1) is 6.92 Å². The van der Waals surface area contributed by atoms with Crippen molar-refractivity contribution < 1.29 is 14.7 Å². The Labute approximate surface area is 203 Å². The van der Waals surface area contributed by atoms with Gasteiger partial charge in [0.1, 0.15) is 11.8 Å². The number of unbranched alkanes of at least 4 members (excludes halogenated alkanes) is 2. The Morgan fingerprint density at radius 3 is 2.39 bits per heavy atom. The first-order valence-electron chi connectivity index (χ1n) is 11.1. The zero-order chi connectivity index (χ0) is 23.6. The van der Waals surface area contributed by atoms with Gasteiger partial charge in [0.05, 0.1) is 0 Å². The molecule has 0 saturated heterocycles. The normalized spacial score (nSPS) is 11.6. The van der Waals surface area contributed by atoms with Gasteiger partial charge in [0.15, 0.2) is 0 Å². The van der Waals surface area contributed by atoms with E-state index in [1.54, 1.807) is 36.4 Å². The topological polar surface area (TPSA) is 78.4 Å². The molecule has 5 nitrogen and oxygen atoms in total. The molecule has 2 amide bonds. The summed E-state index contributed by atoms with van der Waals surface area (Å²) in [6, 6.07) is 21.2. The van der Waals surface area contributed by atoms with Gasteiger partial charge >= 0.3 is 0 Å². The van der Waals surface area contributed by atoms with E-state index in [0.717, 1.165) is 41.4 Å². The summed E-state index contributed by atoms with van der Waals surface area (Å²) >= 11 is 3.44.